The molecule has 5 rings (SSSR count). The van der Waals surface area contributed by atoms with Crippen molar-refractivity contribution in [3.8, 4) is 0 Å². The van der Waals surface area contributed by atoms with E-state index in [4.69, 9.17) is 4.74 Å². The summed E-state index contributed by atoms with van der Waals surface area (Å²) in [6.45, 7) is 2.41. The third-order valence-corrected chi connectivity index (χ3v) is 5.12. The molecule has 9 nitrogen and oxygen atoms in total. The lowest BCUT2D eigenvalue weighted by atomic mass is 10.1. The molecule has 4 aromatic rings. The van der Waals surface area contributed by atoms with Crippen molar-refractivity contribution >= 4 is 28.4 Å². The molecule has 0 radical (unpaired) electrons. The van der Waals surface area contributed by atoms with E-state index in [2.05, 4.69) is 25.5 Å². The van der Waals surface area contributed by atoms with E-state index in [0.717, 1.165) is 5.69 Å². The maximum absolute atomic E-state index is 14.6. The monoisotopic (exact) mass is 426 g/mol. The normalized spacial score (nSPS) is 14.4. The summed E-state index contributed by atoms with van der Waals surface area (Å²) in [5.41, 5.74) is 2.08. The minimum absolute atomic E-state index is 0.0355. The molecular formula is C20H20F2N8O. The van der Waals surface area contributed by atoms with Gasteiger partial charge < -0.3 is 15.0 Å². The molecule has 0 unspecified atom stereocenters. The van der Waals surface area contributed by atoms with Gasteiger partial charge in [-0.3, -0.25) is 4.68 Å². The van der Waals surface area contributed by atoms with Gasteiger partial charge in [-0.15, -0.1) is 0 Å². The molecule has 1 N–H and O–H groups in total. The zero-order valence-electron chi connectivity index (χ0n) is 16.8. The number of nitrogens with zero attached hydrogens (tertiary/aromatic N) is 7. The Bertz CT molecular complexity index is 1230. The van der Waals surface area contributed by atoms with Crippen molar-refractivity contribution in [2.24, 2.45) is 7.05 Å². The topological polar surface area (TPSA) is 85.9 Å². The van der Waals surface area contributed by atoms with Crippen LogP contribution in [0.2, 0.25) is 0 Å². The Morgan fingerprint density at radius 2 is 1.94 bits per heavy atom. The molecule has 1 aliphatic heterocycles. The van der Waals surface area contributed by atoms with Crippen molar-refractivity contribution in [3.05, 3.63) is 54.1 Å². The van der Waals surface area contributed by atoms with Crippen molar-refractivity contribution < 1.29 is 13.5 Å². The Morgan fingerprint density at radius 1 is 1.10 bits per heavy atom. The smallest absolute Gasteiger partial charge is 0.229 e. The molecule has 11 heteroatoms. The van der Waals surface area contributed by atoms with E-state index in [9.17, 15) is 8.78 Å². The van der Waals surface area contributed by atoms with Gasteiger partial charge in [-0.25, -0.2) is 18.4 Å². The summed E-state index contributed by atoms with van der Waals surface area (Å²) in [5.74, 6) is -1.41. The Morgan fingerprint density at radius 3 is 2.71 bits per heavy atom. The Balaban J connectivity index is 1.45. The van der Waals surface area contributed by atoms with Crippen molar-refractivity contribution in [3.63, 3.8) is 0 Å². The molecule has 1 aliphatic rings. The van der Waals surface area contributed by atoms with Crippen LogP contribution in [-0.4, -0.2) is 55.8 Å². The average molecular weight is 426 g/mol. The Kier molecular flexibility index (Phi) is 4.94. The number of aromatic nitrogens is 6. The highest BCUT2D eigenvalue weighted by Crippen LogP contribution is 2.25. The van der Waals surface area contributed by atoms with Gasteiger partial charge in [0, 0.05) is 49.8 Å². The summed E-state index contributed by atoms with van der Waals surface area (Å²) < 4.78 is 37.5. The number of hydrogen-bond donors (Lipinski definition) is 1. The predicted molar refractivity (Wildman–Crippen MR) is 110 cm³/mol. The van der Waals surface area contributed by atoms with Gasteiger partial charge in [-0.1, -0.05) is 0 Å². The van der Waals surface area contributed by atoms with E-state index in [1.807, 2.05) is 11.9 Å². The maximum Gasteiger partial charge on any atom is 0.229 e. The van der Waals surface area contributed by atoms with Gasteiger partial charge in [0.15, 0.2) is 17.3 Å². The second-order valence-electron chi connectivity index (χ2n) is 7.30. The first-order chi connectivity index (χ1) is 15.1. The van der Waals surface area contributed by atoms with Gasteiger partial charge in [0.25, 0.3) is 0 Å². The molecule has 0 atom stereocenters. The SMILES string of the molecule is Cn1cc(Nc2ncc3cnn(Cc4cc(N5CCOCC5)cc(F)c4F)c3n2)cn1. The number of aryl methyl sites for hydroxylation is 1. The fourth-order valence-electron chi connectivity index (χ4n) is 3.57. The molecule has 0 amide bonds. The van der Waals surface area contributed by atoms with Gasteiger partial charge in [-0.2, -0.15) is 15.2 Å². The highest BCUT2D eigenvalue weighted by Gasteiger charge is 2.18. The fourth-order valence-corrected chi connectivity index (χ4v) is 3.57. The Labute approximate surface area is 176 Å². The lowest BCUT2D eigenvalue weighted by Crippen LogP contribution is -2.36. The molecule has 31 heavy (non-hydrogen) atoms. The number of ether oxygens (including phenoxy) is 1. The molecule has 3 aromatic heterocycles. The van der Waals surface area contributed by atoms with Crippen LogP contribution < -0.4 is 10.2 Å². The van der Waals surface area contributed by atoms with Crippen LogP contribution in [0.4, 0.5) is 26.1 Å². The number of morpholine rings is 1. The van der Waals surface area contributed by atoms with Crippen LogP contribution >= 0.6 is 0 Å². The van der Waals surface area contributed by atoms with Crippen molar-refractivity contribution in [1.82, 2.24) is 29.5 Å². The molecule has 4 heterocycles. The summed E-state index contributed by atoms with van der Waals surface area (Å²) in [6.07, 6.45) is 6.68. The van der Waals surface area contributed by atoms with Crippen LogP contribution in [0.15, 0.2) is 36.9 Å². The number of anilines is 3. The molecule has 0 bridgehead atoms. The van der Waals surface area contributed by atoms with E-state index in [0.29, 0.717) is 49.0 Å². The number of benzene rings is 1. The van der Waals surface area contributed by atoms with Crippen LogP contribution in [0.25, 0.3) is 11.0 Å². The number of fused-ring (bicyclic) bond motifs is 1. The van der Waals surface area contributed by atoms with E-state index in [1.54, 1.807) is 35.5 Å². The summed E-state index contributed by atoms with van der Waals surface area (Å²) >= 11 is 0. The second kappa shape index (κ2) is 7.91. The van der Waals surface area contributed by atoms with Gasteiger partial charge in [0.2, 0.25) is 5.95 Å². The van der Waals surface area contributed by atoms with Gasteiger partial charge in [0.1, 0.15) is 0 Å². The van der Waals surface area contributed by atoms with Gasteiger partial charge in [0.05, 0.1) is 43.2 Å². The van der Waals surface area contributed by atoms with E-state index in [-0.39, 0.29) is 12.1 Å². The lowest BCUT2D eigenvalue weighted by molar-refractivity contribution is 0.122. The molecule has 0 spiro atoms. The molecule has 1 fully saturated rings. The zero-order valence-corrected chi connectivity index (χ0v) is 16.8. The van der Waals surface area contributed by atoms with Crippen molar-refractivity contribution in [2.45, 2.75) is 6.54 Å². The van der Waals surface area contributed by atoms with Crippen LogP contribution in [0, 0.1) is 11.6 Å². The zero-order chi connectivity index (χ0) is 21.4. The standard InChI is InChI=1S/C20H20F2N8O/c1-28-12-15(10-24-28)26-20-23-8-14-9-25-30(19(14)27-20)11-13-6-16(7-17(21)18(13)22)29-2-4-31-5-3-29/h6-10,12H,2-5,11H2,1H3,(H,23,26,27). The van der Waals surface area contributed by atoms with Crippen LogP contribution in [0.3, 0.4) is 0 Å². The lowest BCUT2D eigenvalue weighted by Gasteiger charge is -2.29. The molecule has 1 aromatic carbocycles. The minimum atomic E-state index is -0.886. The number of halogens is 2. The van der Waals surface area contributed by atoms with E-state index < -0.39 is 11.6 Å². The minimum Gasteiger partial charge on any atom is -0.378 e. The number of nitrogens with one attached hydrogen (secondary N) is 1. The third-order valence-electron chi connectivity index (χ3n) is 5.12. The molecular weight excluding hydrogens is 406 g/mol. The maximum atomic E-state index is 14.6. The molecule has 160 valence electrons. The fraction of sp³-hybridized carbons (Fsp3) is 0.300. The summed E-state index contributed by atoms with van der Waals surface area (Å²) in [4.78, 5) is 10.8. The van der Waals surface area contributed by atoms with Crippen molar-refractivity contribution in [2.75, 3.05) is 36.5 Å². The van der Waals surface area contributed by atoms with Crippen molar-refractivity contribution in [1.29, 1.82) is 0 Å². The molecule has 0 saturated carbocycles. The van der Waals surface area contributed by atoms with E-state index in [1.165, 1.54) is 10.7 Å². The highest BCUT2D eigenvalue weighted by atomic mass is 19.2. The van der Waals surface area contributed by atoms with E-state index >= 15 is 0 Å². The van der Waals surface area contributed by atoms with Crippen LogP contribution in [0.1, 0.15) is 5.56 Å². The summed E-state index contributed by atoms with van der Waals surface area (Å²) in [6, 6.07) is 2.89. The first kappa shape index (κ1) is 19.4. The van der Waals surface area contributed by atoms with Gasteiger partial charge >= 0.3 is 0 Å². The first-order valence-electron chi connectivity index (χ1n) is 9.81. The van der Waals surface area contributed by atoms with Gasteiger partial charge in [-0.05, 0) is 6.07 Å². The summed E-state index contributed by atoms with van der Waals surface area (Å²) in [7, 11) is 1.81. The average Bonchev–Trinajstić information content (AvgIpc) is 3.37. The largest absolute Gasteiger partial charge is 0.378 e. The summed E-state index contributed by atoms with van der Waals surface area (Å²) in [5, 5.41) is 12.2. The highest BCUT2D eigenvalue weighted by molar-refractivity contribution is 5.75. The third kappa shape index (κ3) is 3.91. The molecule has 1 saturated heterocycles. The quantitative estimate of drug-likeness (QED) is 0.525. The molecule has 0 aliphatic carbocycles. The first-order valence-corrected chi connectivity index (χ1v) is 9.81. The number of rotatable bonds is 5. The number of hydrogen-bond acceptors (Lipinski definition) is 7. The Hall–Kier alpha value is -3.60. The van der Waals surface area contributed by atoms with Crippen LogP contribution in [-0.2, 0) is 18.3 Å². The predicted octanol–water partition coefficient (Wildman–Crippen LogP) is 2.47. The van der Waals surface area contributed by atoms with Crippen LogP contribution in [0.5, 0.6) is 0 Å². The second-order valence-corrected chi connectivity index (χ2v) is 7.30.